The Kier molecular flexibility index (Phi) is 2.86. The van der Waals surface area contributed by atoms with Crippen LogP contribution >= 0.6 is 0 Å². The minimum absolute atomic E-state index is 0.476. The van der Waals surface area contributed by atoms with Gasteiger partial charge in [-0.15, -0.1) is 0 Å². The van der Waals surface area contributed by atoms with Crippen molar-refractivity contribution < 1.29 is 9.53 Å². The van der Waals surface area contributed by atoms with E-state index in [2.05, 4.69) is 15.0 Å². The van der Waals surface area contributed by atoms with Gasteiger partial charge in [-0.05, 0) is 24.3 Å². The molecule has 2 aromatic rings. The van der Waals surface area contributed by atoms with Crippen molar-refractivity contribution in [1.29, 1.82) is 0 Å². The number of anilines is 1. The highest BCUT2D eigenvalue weighted by atomic mass is 16.5. The number of nitrogens with zero attached hydrogens (tertiary/aromatic N) is 2. The van der Waals surface area contributed by atoms with Crippen LogP contribution in [0.3, 0.4) is 0 Å². The highest BCUT2D eigenvalue weighted by Crippen LogP contribution is 2.12. The van der Waals surface area contributed by atoms with Crippen molar-refractivity contribution in [2.75, 3.05) is 12.4 Å². The summed E-state index contributed by atoms with van der Waals surface area (Å²) < 4.78 is 6.37. The lowest BCUT2D eigenvalue weighted by Gasteiger charge is -2.05. The molecule has 0 radical (unpaired) electrons. The van der Waals surface area contributed by atoms with Gasteiger partial charge in [0.25, 0.3) is 0 Å². The largest absolute Gasteiger partial charge is 0.453 e. The molecule has 0 aliphatic carbocycles. The summed E-state index contributed by atoms with van der Waals surface area (Å²) in [5, 5.41) is 2.58. The molecule has 0 saturated carbocycles. The van der Waals surface area contributed by atoms with E-state index in [-0.39, 0.29) is 0 Å². The summed E-state index contributed by atoms with van der Waals surface area (Å²) in [5.74, 6) is 0. The first-order chi connectivity index (χ1) is 7.79. The number of benzene rings is 1. The van der Waals surface area contributed by atoms with Crippen molar-refractivity contribution in [3.8, 4) is 5.69 Å². The number of aromatic nitrogens is 2. The van der Waals surface area contributed by atoms with Crippen LogP contribution < -0.4 is 5.32 Å². The second-order valence-electron chi connectivity index (χ2n) is 3.13. The van der Waals surface area contributed by atoms with E-state index in [1.807, 2.05) is 22.9 Å². The van der Waals surface area contributed by atoms with Gasteiger partial charge in [-0.3, -0.25) is 5.32 Å². The van der Waals surface area contributed by atoms with Gasteiger partial charge in [0.1, 0.15) is 0 Å². The standard InChI is InChI=1S/C11H11N3O2/c1-16-11(15)13-9-2-4-10(5-3-9)14-7-6-12-8-14/h2-8H,1H3,(H,13,15). The van der Waals surface area contributed by atoms with E-state index in [9.17, 15) is 4.79 Å². The molecule has 0 saturated heterocycles. The molecule has 0 aliphatic rings. The van der Waals surface area contributed by atoms with Gasteiger partial charge in [-0.1, -0.05) is 0 Å². The zero-order valence-electron chi connectivity index (χ0n) is 8.75. The monoisotopic (exact) mass is 217 g/mol. The van der Waals surface area contributed by atoms with Crippen molar-refractivity contribution in [1.82, 2.24) is 9.55 Å². The van der Waals surface area contributed by atoms with Crippen molar-refractivity contribution in [3.05, 3.63) is 43.0 Å². The normalized spacial score (nSPS) is 9.81. The second kappa shape index (κ2) is 4.48. The number of carbonyl (C=O) groups is 1. The summed E-state index contributed by atoms with van der Waals surface area (Å²) >= 11 is 0. The van der Waals surface area contributed by atoms with E-state index < -0.39 is 6.09 Å². The number of amides is 1. The van der Waals surface area contributed by atoms with Crippen LogP contribution in [0, 0.1) is 0 Å². The maximum Gasteiger partial charge on any atom is 0.411 e. The van der Waals surface area contributed by atoms with Crippen molar-refractivity contribution in [3.63, 3.8) is 0 Å². The van der Waals surface area contributed by atoms with Gasteiger partial charge >= 0.3 is 6.09 Å². The van der Waals surface area contributed by atoms with E-state index >= 15 is 0 Å². The molecule has 1 N–H and O–H groups in total. The maximum atomic E-state index is 10.9. The van der Waals surface area contributed by atoms with Crippen LogP contribution in [0.2, 0.25) is 0 Å². The van der Waals surface area contributed by atoms with Gasteiger partial charge in [0, 0.05) is 23.8 Å². The zero-order valence-corrected chi connectivity index (χ0v) is 8.75. The minimum Gasteiger partial charge on any atom is -0.453 e. The van der Waals surface area contributed by atoms with Crippen LogP contribution in [0.1, 0.15) is 0 Å². The van der Waals surface area contributed by atoms with E-state index in [0.29, 0.717) is 5.69 Å². The van der Waals surface area contributed by atoms with Gasteiger partial charge < -0.3 is 9.30 Å². The highest BCUT2D eigenvalue weighted by molar-refractivity contribution is 5.84. The molecule has 1 aromatic heterocycles. The number of carbonyl (C=O) groups excluding carboxylic acids is 1. The fourth-order valence-corrected chi connectivity index (χ4v) is 1.30. The van der Waals surface area contributed by atoms with Crippen LogP contribution in [-0.4, -0.2) is 22.8 Å². The predicted molar refractivity (Wildman–Crippen MR) is 59.6 cm³/mol. The molecule has 0 unspecified atom stereocenters. The number of methoxy groups -OCH3 is 1. The van der Waals surface area contributed by atoms with Gasteiger partial charge in [-0.25, -0.2) is 9.78 Å². The number of rotatable bonds is 2. The molecule has 0 fully saturated rings. The molecule has 1 aromatic carbocycles. The Balaban J connectivity index is 2.14. The number of imidazole rings is 1. The molecule has 82 valence electrons. The Labute approximate surface area is 92.7 Å². The molecule has 0 atom stereocenters. The third-order valence-corrected chi connectivity index (χ3v) is 2.10. The van der Waals surface area contributed by atoms with Gasteiger partial charge in [0.05, 0.1) is 13.4 Å². The van der Waals surface area contributed by atoms with Gasteiger partial charge in [0.15, 0.2) is 0 Å². The zero-order chi connectivity index (χ0) is 11.4. The molecule has 2 rings (SSSR count). The molecule has 5 heteroatoms. The topological polar surface area (TPSA) is 56.1 Å². The lowest BCUT2D eigenvalue weighted by atomic mass is 10.3. The molecule has 5 nitrogen and oxygen atoms in total. The Morgan fingerprint density at radius 2 is 2.12 bits per heavy atom. The van der Waals surface area contributed by atoms with Crippen molar-refractivity contribution in [2.24, 2.45) is 0 Å². The molecular formula is C11H11N3O2. The Hall–Kier alpha value is -2.30. The molecule has 1 heterocycles. The summed E-state index contributed by atoms with van der Waals surface area (Å²) in [5.41, 5.74) is 1.67. The summed E-state index contributed by atoms with van der Waals surface area (Å²) in [6.45, 7) is 0. The Morgan fingerprint density at radius 3 is 2.69 bits per heavy atom. The van der Waals surface area contributed by atoms with Crippen molar-refractivity contribution in [2.45, 2.75) is 0 Å². The average molecular weight is 217 g/mol. The lowest BCUT2D eigenvalue weighted by molar-refractivity contribution is 0.187. The van der Waals surface area contributed by atoms with Crippen LogP contribution in [0.25, 0.3) is 5.69 Å². The molecule has 1 amide bonds. The Morgan fingerprint density at radius 1 is 1.38 bits per heavy atom. The Bertz CT molecular complexity index is 462. The van der Waals surface area contributed by atoms with E-state index in [1.54, 1.807) is 24.7 Å². The molecule has 0 spiro atoms. The van der Waals surface area contributed by atoms with Gasteiger partial charge in [0.2, 0.25) is 0 Å². The third-order valence-electron chi connectivity index (χ3n) is 2.10. The number of nitrogens with one attached hydrogen (secondary N) is 1. The summed E-state index contributed by atoms with van der Waals surface area (Å²) in [6.07, 6.45) is 4.79. The third kappa shape index (κ3) is 2.20. The first-order valence-electron chi connectivity index (χ1n) is 4.73. The molecule has 0 bridgehead atoms. The number of ether oxygens (including phenoxy) is 1. The smallest absolute Gasteiger partial charge is 0.411 e. The summed E-state index contributed by atoms with van der Waals surface area (Å²) in [7, 11) is 1.33. The van der Waals surface area contributed by atoms with Crippen molar-refractivity contribution >= 4 is 11.8 Å². The first kappa shape index (κ1) is 10.2. The fraction of sp³-hybridized carbons (Fsp3) is 0.0909. The molecule has 0 aliphatic heterocycles. The number of hydrogen-bond acceptors (Lipinski definition) is 3. The minimum atomic E-state index is -0.476. The second-order valence-corrected chi connectivity index (χ2v) is 3.13. The first-order valence-corrected chi connectivity index (χ1v) is 4.73. The van der Waals surface area contributed by atoms with E-state index in [4.69, 9.17) is 0 Å². The average Bonchev–Trinajstić information content (AvgIpc) is 2.83. The van der Waals surface area contributed by atoms with E-state index in [0.717, 1.165) is 5.69 Å². The van der Waals surface area contributed by atoms with Crippen LogP contribution in [-0.2, 0) is 4.74 Å². The quantitative estimate of drug-likeness (QED) is 0.837. The summed E-state index contributed by atoms with van der Waals surface area (Å²) in [6, 6.07) is 7.36. The van der Waals surface area contributed by atoms with Crippen LogP contribution in [0.4, 0.5) is 10.5 Å². The molecule has 16 heavy (non-hydrogen) atoms. The number of hydrogen-bond donors (Lipinski definition) is 1. The summed E-state index contributed by atoms with van der Waals surface area (Å²) in [4.78, 5) is 14.9. The fourth-order valence-electron chi connectivity index (χ4n) is 1.30. The van der Waals surface area contributed by atoms with Crippen LogP contribution in [0.5, 0.6) is 0 Å². The SMILES string of the molecule is COC(=O)Nc1ccc(-n2ccnc2)cc1. The molecular weight excluding hydrogens is 206 g/mol. The highest BCUT2D eigenvalue weighted by Gasteiger charge is 2.00. The predicted octanol–water partition coefficient (Wildman–Crippen LogP) is 2.05. The van der Waals surface area contributed by atoms with Crippen LogP contribution in [0.15, 0.2) is 43.0 Å². The lowest BCUT2D eigenvalue weighted by Crippen LogP contribution is -2.10. The maximum absolute atomic E-state index is 10.9. The van der Waals surface area contributed by atoms with Gasteiger partial charge in [-0.2, -0.15) is 0 Å². The van der Waals surface area contributed by atoms with E-state index in [1.165, 1.54) is 7.11 Å².